The molecule has 1 unspecified atom stereocenters. The van der Waals surface area contributed by atoms with Crippen LogP contribution in [0.25, 0.3) is 0 Å². The fraction of sp³-hybridized carbons (Fsp3) is 0.875. The highest BCUT2D eigenvalue weighted by Crippen LogP contribution is 2.24. The van der Waals surface area contributed by atoms with Gasteiger partial charge in [0.05, 0.1) is 6.61 Å². The van der Waals surface area contributed by atoms with E-state index in [0.29, 0.717) is 0 Å². The van der Waals surface area contributed by atoms with Crippen molar-refractivity contribution in [2.45, 2.75) is 31.5 Å². The van der Waals surface area contributed by atoms with E-state index < -0.39 is 30.6 Å². The summed E-state index contributed by atoms with van der Waals surface area (Å²) in [4.78, 5) is 10.7. The second-order valence-electron chi connectivity index (χ2n) is 3.03. The first-order valence-corrected chi connectivity index (χ1v) is 4.24. The maximum Gasteiger partial charge on any atom is 0.303 e. The van der Waals surface area contributed by atoms with Crippen LogP contribution in [0.5, 0.6) is 0 Å². The van der Waals surface area contributed by atoms with Crippen molar-refractivity contribution in [3.63, 3.8) is 0 Å². The Kier molecular flexibility index (Phi) is 3.82. The molecular weight excluding hydrogens is 192 g/mol. The van der Waals surface area contributed by atoms with Gasteiger partial charge in [0.1, 0.15) is 12.2 Å². The van der Waals surface area contributed by atoms with Crippen LogP contribution in [0.2, 0.25) is 0 Å². The lowest BCUT2D eigenvalue weighted by molar-refractivity contribution is -0.179. The minimum Gasteiger partial charge on any atom is -0.454 e. The Labute approximate surface area is 81.4 Å². The number of ether oxygens (including phenoxy) is 3. The predicted octanol–water partition coefficient (Wildman–Crippen LogP) is -1.36. The van der Waals surface area contributed by atoms with Gasteiger partial charge in [-0.3, -0.25) is 4.79 Å². The first kappa shape index (κ1) is 11.4. The number of aliphatic hydroxyl groups excluding tert-OH is 2. The van der Waals surface area contributed by atoms with Crippen LogP contribution >= 0.6 is 0 Å². The van der Waals surface area contributed by atoms with Crippen molar-refractivity contribution in [3.05, 3.63) is 0 Å². The van der Waals surface area contributed by atoms with E-state index in [0.717, 1.165) is 0 Å². The Bertz CT molecular complexity index is 204. The topological polar surface area (TPSA) is 85.2 Å². The molecule has 0 amide bonds. The van der Waals surface area contributed by atoms with Crippen LogP contribution in [0.3, 0.4) is 0 Å². The molecule has 0 bridgehead atoms. The van der Waals surface area contributed by atoms with E-state index >= 15 is 0 Å². The third-order valence-corrected chi connectivity index (χ3v) is 2.01. The molecule has 1 heterocycles. The molecule has 1 aliphatic rings. The zero-order valence-electron chi connectivity index (χ0n) is 8.04. The molecule has 2 N–H and O–H groups in total. The molecule has 0 aliphatic carbocycles. The van der Waals surface area contributed by atoms with E-state index in [1.807, 2.05) is 0 Å². The van der Waals surface area contributed by atoms with Gasteiger partial charge in [0, 0.05) is 14.0 Å². The van der Waals surface area contributed by atoms with Crippen molar-refractivity contribution in [2.24, 2.45) is 0 Å². The SMILES string of the molecule is COC1O[C@@H](CO)[C@H](O)[C@H]1OC(C)=O. The fourth-order valence-corrected chi connectivity index (χ4v) is 1.36. The second-order valence-corrected chi connectivity index (χ2v) is 3.03. The Morgan fingerprint density at radius 2 is 2.21 bits per heavy atom. The van der Waals surface area contributed by atoms with Crippen LogP contribution < -0.4 is 0 Å². The minimum atomic E-state index is -1.06. The Hall–Kier alpha value is -0.690. The van der Waals surface area contributed by atoms with Crippen LogP contribution in [0, 0.1) is 0 Å². The molecule has 14 heavy (non-hydrogen) atoms. The maximum absolute atomic E-state index is 10.7. The van der Waals surface area contributed by atoms with Crippen molar-refractivity contribution in [2.75, 3.05) is 13.7 Å². The van der Waals surface area contributed by atoms with E-state index in [4.69, 9.17) is 19.3 Å². The summed E-state index contributed by atoms with van der Waals surface area (Å²) in [5, 5.41) is 18.4. The highest BCUT2D eigenvalue weighted by molar-refractivity contribution is 5.66. The zero-order valence-corrected chi connectivity index (χ0v) is 8.04. The number of aliphatic hydroxyl groups is 2. The molecule has 6 nitrogen and oxygen atoms in total. The summed E-state index contributed by atoms with van der Waals surface area (Å²) in [5.74, 6) is -0.529. The fourth-order valence-electron chi connectivity index (χ4n) is 1.36. The number of carbonyl (C=O) groups is 1. The number of rotatable bonds is 3. The van der Waals surface area contributed by atoms with Gasteiger partial charge in [-0.05, 0) is 0 Å². The van der Waals surface area contributed by atoms with Crippen LogP contribution in [0.4, 0.5) is 0 Å². The summed E-state index contributed by atoms with van der Waals surface area (Å²) in [6, 6.07) is 0. The first-order chi connectivity index (χ1) is 6.60. The van der Waals surface area contributed by atoms with Gasteiger partial charge in [-0.15, -0.1) is 0 Å². The van der Waals surface area contributed by atoms with Crippen molar-refractivity contribution >= 4 is 5.97 Å². The molecule has 0 aromatic carbocycles. The van der Waals surface area contributed by atoms with Crippen molar-refractivity contribution < 1.29 is 29.2 Å². The molecule has 6 heteroatoms. The molecule has 82 valence electrons. The monoisotopic (exact) mass is 206 g/mol. The molecule has 1 rings (SSSR count). The minimum absolute atomic E-state index is 0.348. The van der Waals surface area contributed by atoms with Gasteiger partial charge in [-0.25, -0.2) is 0 Å². The molecule has 0 spiro atoms. The Morgan fingerprint density at radius 3 is 2.64 bits per heavy atom. The van der Waals surface area contributed by atoms with E-state index in [-0.39, 0.29) is 6.61 Å². The van der Waals surface area contributed by atoms with Crippen molar-refractivity contribution in [3.8, 4) is 0 Å². The van der Waals surface area contributed by atoms with E-state index in [2.05, 4.69) is 0 Å². The molecule has 0 radical (unpaired) electrons. The summed E-state index contributed by atoms with van der Waals surface area (Å²) in [6.45, 7) is 0.879. The van der Waals surface area contributed by atoms with E-state index in [1.54, 1.807) is 0 Å². The third kappa shape index (κ3) is 2.21. The van der Waals surface area contributed by atoms with Crippen LogP contribution in [0.15, 0.2) is 0 Å². The predicted molar refractivity (Wildman–Crippen MR) is 44.3 cm³/mol. The van der Waals surface area contributed by atoms with E-state index in [9.17, 15) is 9.90 Å². The quantitative estimate of drug-likeness (QED) is 0.555. The normalized spacial score (nSPS) is 37.1. The number of carbonyl (C=O) groups excluding carboxylic acids is 1. The third-order valence-electron chi connectivity index (χ3n) is 2.01. The molecule has 0 aromatic heterocycles. The lowest BCUT2D eigenvalue weighted by atomic mass is 10.1. The standard InChI is InChI=1S/C8H14O6/c1-4(10)13-7-6(11)5(3-9)14-8(7)12-2/h5-9,11H,3H2,1-2H3/t5-,6-,7+,8?/m0/s1. The maximum atomic E-state index is 10.7. The van der Waals surface area contributed by atoms with Crippen molar-refractivity contribution in [1.82, 2.24) is 0 Å². The smallest absolute Gasteiger partial charge is 0.303 e. The zero-order chi connectivity index (χ0) is 10.7. The summed E-state index contributed by atoms with van der Waals surface area (Å²) in [5.41, 5.74) is 0. The number of hydrogen-bond donors (Lipinski definition) is 2. The number of hydrogen-bond acceptors (Lipinski definition) is 6. The first-order valence-electron chi connectivity index (χ1n) is 4.24. The van der Waals surface area contributed by atoms with Gasteiger partial charge < -0.3 is 24.4 Å². The second kappa shape index (κ2) is 4.70. The average Bonchev–Trinajstić information content (AvgIpc) is 2.43. The molecule has 0 aromatic rings. The Balaban J connectivity index is 2.64. The molecular formula is C8H14O6. The van der Waals surface area contributed by atoms with Crippen molar-refractivity contribution in [1.29, 1.82) is 0 Å². The molecule has 4 atom stereocenters. The number of esters is 1. The van der Waals surface area contributed by atoms with Crippen LogP contribution in [-0.4, -0.2) is 54.5 Å². The highest BCUT2D eigenvalue weighted by atomic mass is 16.7. The summed E-state index contributed by atoms with van der Waals surface area (Å²) < 4.78 is 14.8. The van der Waals surface area contributed by atoms with Crippen LogP contribution in [-0.2, 0) is 19.0 Å². The Morgan fingerprint density at radius 1 is 1.57 bits per heavy atom. The van der Waals surface area contributed by atoms with Gasteiger partial charge in [0.25, 0.3) is 0 Å². The molecule has 1 aliphatic heterocycles. The number of methoxy groups -OCH3 is 1. The van der Waals surface area contributed by atoms with Crippen LogP contribution in [0.1, 0.15) is 6.92 Å². The summed E-state index contributed by atoms with van der Waals surface area (Å²) in [7, 11) is 1.37. The lowest BCUT2D eigenvalue weighted by Crippen LogP contribution is -2.38. The summed E-state index contributed by atoms with van der Waals surface area (Å²) >= 11 is 0. The van der Waals surface area contributed by atoms with Gasteiger partial charge in [-0.1, -0.05) is 0 Å². The highest BCUT2D eigenvalue weighted by Gasteiger charge is 2.45. The van der Waals surface area contributed by atoms with E-state index in [1.165, 1.54) is 14.0 Å². The summed E-state index contributed by atoms with van der Waals surface area (Å²) in [6.07, 6.45) is -3.54. The lowest BCUT2D eigenvalue weighted by Gasteiger charge is -2.18. The van der Waals surface area contributed by atoms with Gasteiger partial charge in [-0.2, -0.15) is 0 Å². The van der Waals surface area contributed by atoms with Gasteiger partial charge >= 0.3 is 5.97 Å². The molecule has 0 saturated carbocycles. The largest absolute Gasteiger partial charge is 0.454 e. The molecule has 1 fully saturated rings. The molecule has 1 saturated heterocycles. The van der Waals surface area contributed by atoms with Gasteiger partial charge in [0.2, 0.25) is 0 Å². The average molecular weight is 206 g/mol. The van der Waals surface area contributed by atoms with Gasteiger partial charge in [0.15, 0.2) is 12.4 Å².